The van der Waals surface area contributed by atoms with Crippen molar-refractivity contribution in [1.29, 1.82) is 0 Å². The van der Waals surface area contributed by atoms with Gasteiger partial charge in [0.1, 0.15) is 5.41 Å². The summed E-state index contributed by atoms with van der Waals surface area (Å²) in [4.78, 5) is 26.2. The molecule has 1 fully saturated rings. The minimum absolute atomic E-state index is 0.0741. The first-order valence-corrected chi connectivity index (χ1v) is 7.51. The summed E-state index contributed by atoms with van der Waals surface area (Å²) in [7, 11) is 1.35. The SMILES string of the molecule is COC(=O)C1(C(=O)N2CCc3ccc(Br)cc3C2)CC1. The summed E-state index contributed by atoms with van der Waals surface area (Å²) in [6, 6.07) is 6.16. The molecule has 2 aliphatic rings. The fourth-order valence-electron chi connectivity index (χ4n) is 2.83. The summed E-state index contributed by atoms with van der Waals surface area (Å²) in [6.07, 6.45) is 2.06. The maximum Gasteiger partial charge on any atom is 0.321 e. The third kappa shape index (κ3) is 2.14. The number of carbonyl (C=O) groups is 2. The van der Waals surface area contributed by atoms with Crippen LogP contribution in [0.3, 0.4) is 0 Å². The number of hydrogen-bond acceptors (Lipinski definition) is 3. The van der Waals surface area contributed by atoms with Crippen molar-refractivity contribution in [3.05, 3.63) is 33.8 Å². The van der Waals surface area contributed by atoms with E-state index in [1.165, 1.54) is 12.7 Å². The van der Waals surface area contributed by atoms with Gasteiger partial charge in [-0.15, -0.1) is 0 Å². The number of amides is 1. The van der Waals surface area contributed by atoms with E-state index in [-0.39, 0.29) is 11.9 Å². The fraction of sp³-hybridized carbons (Fsp3) is 0.467. The van der Waals surface area contributed by atoms with E-state index in [0.29, 0.717) is 25.9 Å². The lowest BCUT2D eigenvalue weighted by atomic mass is 9.97. The maximum atomic E-state index is 12.6. The molecule has 0 N–H and O–H groups in total. The van der Waals surface area contributed by atoms with Crippen molar-refractivity contribution in [2.75, 3.05) is 13.7 Å². The molecule has 1 aromatic rings. The summed E-state index contributed by atoms with van der Waals surface area (Å²) in [6.45, 7) is 1.25. The fourth-order valence-corrected chi connectivity index (χ4v) is 3.24. The van der Waals surface area contributed by atoms with Gasteiger partial charge in [-0.05, 0) is 42.5 Å². The Hall–Kier alpha value is -1.36. The molecule has 0 bridgehead atoms. The van der Waals surface area contributed by atoms with Gasteiger partial charge in [0.15, 0.2) is 0 Å². The Labute approximate surface area is 126 Å². The van der Waals surface area contributed by atoms with Crippen LogP contribution in [0.15, 0.2) is 22.7 Å². The van der Waals surface area contributed by atoms with Crippen molar-refractivity contribution in [1.82, 2.24) is 4.90 Å². The highest BCUT2D eigenvalue weighted by atomic mass is 79.9. The predicted molar refractivity (Wildman–Crippen MR) is 76.9 cm³/mol. The lowest BCUT2D eigenvalue weighted by Gasteiger charge is -2.31. The van der Waals surface area contributed by atoms with Crippen LogP contribution in [0.1, 0.15) is 24.0 Å². The van der Waals surface area contributed by atoms with E-state index in [9.17, 15) is 9.59 Å². The zero-order valence-electron chi connectivity index (χ0n) is 11.3. The van der Waals surface area contributed by atoms with E-state index in [0.717, 1.165) is 16.5 Å². The van der Waals surface area contributed by atoms with Gasteiger partial charge in [-0.3, -0.25) is 9.59 Å². The topological polar surface area (TPSA) is 46.6 Å². The molecule has 1 aromatic carbocycles. The van der Waals surface area contributed by atoms with E-state index in [1.54, 1.807) is 4.90 Å². The molecule has 5 heteroatoms. The van der Waals surface area contributed by atoms with Crippen LogP contribution in [-0.2, 0) is 27.3 Å². The minimum Gasteiger partial charge on any atom is -0.468 e. The molecular formula is C15H16BrNO3. The Morgan fingerprint density at radius 1 is 1.30 bits per heavy atom. The quantitative estimate of drug-likeness (QED) is 0.614. The third-order valence-corrected chi connectivity index (χ3v) is 4.70. The van der Waals surface area contributed by atoms with Crippen LogP contribution in [0.5, 0.6) is 0 Å². The van der Waals surface area contributed by atoms with Gasteiger partial charge in [0.05, 0.1) is 7.11 Å². The number of hydrogen-bond donors (Lipinski definition) is 0. The zero-order valence-corrected chi connectivity index (χ0v) is 12.9. The van der Waals surface area contributed by atoms with Crippen molar-refractivity contribution >= 4 is 27.8 Å². The van der Waals surface area contributed by atoms with Crippen LogP contribution in [0.4, 0.5) is 0 Å². The summed E-state index contributed by atoms with van der Waals surface area (Å²) in [5, 5.41) is 0. The number of halogens is 1. The summed E-state index contributed by atoms with van der Waals surface area (Å²) in [5.74, 6) is -0.461. The molecule has 1 amide bonds. The summed E-state index contributed by atoms with van der Waals surface area (Å²) in [5.41, 5.74) is 1.54. The summed E-state index contributed by atoms with van der Waals surface area (Å²) >= 11 is 3.46. The predicted octanol–water partition coefficient (Wildman–Crippen LogP) is 2.29. The van der Waals surface area contributed by atoms with Crippen LogP contribution >= 0.6 is 15.9 Å². The first-order chi connectivity index (χ1) is 9.56. The first-order valence-electron chi connectivity index (χ1n) is 6.72. The second-order valence-electron chi connectivity index (χ2n) is 5.46. The van der Waals surface area contributed by atoms with Gasteiger partial charge in [0, 0.05) is 17.6 Å². The highest BCUT2D eigenvalue weighted by Crippen LogP contribution is 2.48. The van der Waals surface area contributed by atoms with Gasteiger partial charge < -0.3 is 9.64 Å². The van der Waals surface area contributed by atoms with Crippen molar-refractivity contribution < 1.29 is 14.3 Å². The Balaban J connectivity index is 1.80. The van der Waals surface area contributed by atoms with E-state index in [4.69, 9.17) is 4.74 Å². The molecule has 0 aromatic heterocycles. The molecule has 0 unspecified atom stereocenters. The van der Waals surface area contributed by atoms with Gasteiger partial charge >= 0.3 is 5.97 Å². The highest BCUT2D eigenvalue weighted by Gasteiger charge is 2.59. The second kappa shape index (κ2) is 4.88. The molecule has 0 spiro atoms. The molecule has 1 heterocycles. The Morgan fingerprint density at radius 3 is 2.70 bits per heavy atom. The van der Waals surface area contributed by atoms with Crippen LogP contribution in [0.25, 0.3) is 0 Å². The zero-order chi connectivity index (χ0) is 14.3. The van der Waals surface area contributed by atoms with Crippen LogP contribution in [-0.4, -0.2) is 30.4 Å². The van der Waals surface area contributed by atoms with Crippen LogP contribution in [0, 0.1) is 5.41 Å². The molecule has 106 valence electrons. The Morgan fingerprint density at radius 2 is 2.05 bits per heavy atom. The monoisotopic (exact) mass is 337 g/mol. The van der Waals surface area contributed by atoms with Gasteiger partial charge in [-0.25, -0.2) is 0 Å². The summed E-state index contributed by atoms with van der Waals surface area (Å²) < 4.78 is 5.80. The van der Waals surface area contributed by atoms with E-state index in [1.807, 2.05) is 12.1 Å². The second-order valence-corrected chi connectivity index (χ2v) is 6.38. The molecule has 0 saturated heterocycles. The average molecular weight is 338 g/mol. The van der Waals surface area contributed by atoms with Crippen LogP contribution in [0.2, 0.25) is 0 Å². The van der Waals surface area contributed by atoms with Gasteiger partial charge in [0.2, 0.25) is 5.91 Å². The van der Waals surface area contributed by atoms with E-state index >= 15 is 0 Å². The van der Waals surface area contributed by atoms with Crippen molar-refractivity contribution in [2.45, 2.75) is 25.8 Å². The van der Waals surface area contributed by atoms with E-state index < -0.39 is 5.41 Å². The number of nitrogens with zero attached hydrogens (tertiary/aromatic N) is 1. The minimum atomic E-state index is -0.891. The Kier molecular flexibility index (Phi) is 3.32. The normalized spacial score (nSPS) is 19.2. The average Bonchev–Trinajstić information content (AvgIpc) is 3.26. The molecular weight excluding hydrogens is 322 g/mol. The lowest BCUT2D eigenvalue weighted by Crippen LogP contribution is -2.43. The van der Waals surface area contributed by atoms with Crippen molar-refractivity contribution in [2.24, 2.45) is 5.41 Å². The smallest absolute Gasteiger partial charge is 0.321 e. The number of fused-ring (bicyclic) bond motifs is 1. The number of carbonyl (C=O) groups excluding carboxylic acids is 2. The van der Waals surface area contributed by atoms with Gasteiger partial charge in [-0.2, -0.15) is 0 Å². The Bertz CT molecular complexity index is 580. The number of methoxy groups -OCH3 is 1. The third-order valence-electron chi connectivity index (χ3n) is 4.20. The lowest BCUT2D eigenvalue weighted by molar-refractivity contribution is -0.156. The highest BCUT2D eigenvalue weighted by molar-refractivity contribution is 9.10. The number of esters is 1. The van der Waals surface area contributed by atoms with Crippen molar-refractivity contribution in [3.63, 3.8) is 0 Å². The maximum absolute atomic E-state index is 12.6. The van der Waals surface area contributed by atoms with Crippen LogP contribution < -0.4 is 0 Å². The molecule has 0 atom stereocenters. The number of ether oxygens (including phenoxy) is 1. The van der Waals surface area contributed by atoms with Gasteiger partial charge in [0.25, 0.3) is 0 Å². The standard InChI is InChI=1S/C15H16BrNO3/c1-20-14(19)15(5-6-15)13(18)17-7-4-10-2-3-12(16)8-11(10)9-17/h2-3,8H,4-7,9H2,1H3. The molecule has 3 rings (SSSR count). The van der Waals surface area contributed by atoms with Crippen molar-refractivity contribution in [3.8, 4) is 0 Å². The molecule has 1 aliphatic heterocycles. The number of rotatable bonds is 2. The molecule has 1 saturated carbocycles. The van der Waals surface area contributed by atoms with E-state index in [2.05, 4.69) is 22.0 Å². The molecule has 20 heavy (non-hydrogen) atoms. The molecule has 4 nitrogen and oxygen atoms in total. The molecule has 1 aliphatic carbocycles. The van der Waals surface area contributed by atoms with Gasteiger partial charge in [-0.1, -0.05) is 22.0 Å². The first kappa shape index (κ1) is 13.6. The molecule has 0 radical (unpaired) electrons. The largest absolute Gasteiger partial charge is 0.468 e. The number of benzene rings is 1.